The van der Waals surface area contributed by atoms with E-state index in [1.165, 1.54) is 19.2 Å². The molecule has 2 N–H and O–H groups in total. The second-order valence-electron chi connectivity index (χ2n) is 3.84. The molecule has 0 aliphatic carbocycles. The molecule has 1 aromatic rings. The Hall–Kier alpha value is -1.71. The SMILES string of the molecule is CCNCCNS(=O)(=O)c1cc([N+](=O)[O-])ccc1OC. The average molecular weight is 303 g/mol. The number of nitro benzene ring substituents is 1. The first-order valence-electron chi connectivity index (χ1n) is 5.95. The highest BCUT2D eigenvalue weighted by Crippen LogP contribution is 2.27. The van der Waals surface area contributed by atoms with Crippen molar-refractivity contribution >= 4 is 15.7 Å². The number of rotatable bonds is 8. The fourth-order valence-electron chi connectivity index (χ4n) is 1.52. The molecule has 0 radical (unpaired) electrons. The van der Waals surface area contributed by atoms with Crippen LogP contribution >= 0.6 is 0 Å². The molecular formula is C11H17N3O5S. The number of hydrogen-bond acceptors (Lipinski definition) is 6. The molecule has 8 nitrogen and oxygen atoms in total. The van der Waals surface area contributed by atoms with Gasteiger partial charge in [-0.15, -0.1) is 0 Å². The largest absolute Gasteiger partial charge is 0.495 e. The molecule has 0 saturated heterocycles. The monoisotopic (exact) mass is 303 g/mol. The van der Waals surface area contributed by atoms with Gasteiger partial charge in [0.1, 0.15) is 10.6 Å². The highest BCUT2D eigenvalue weighted by Gasteiger charge is 2.22. The zero-order valence-corrected chi connectivity index (χ0v) is 12.1. The van der Waals surface area contributed by atoms with Gasteiger partial charge in [0.2, 0.25) is 10.0 Å². The van der Waals surface area contributed by atoms with Gasteiger partial charge in [-0.25, -0.2) is 13.1 Å². The van der Waals surface area contributed by atoms with Crippen molar-refractivity contribution in [3.63, 3.8) is 0 Å². The highest BCUT2D eigenvalue weighted by molar-refractivity contribution is 7.89. The summed E-state index contributed by atoms with van der Waals surface area (Å²) in [5.41, 5.74) is -0.308. The molecule has 0 fully saturated rings. The van der Waals surface area contributed by atoms with E-state index in [-0.39, 0.29) is 22.9 Å². The number of likely N-dealkylation sites (N-methyl/N-ethyl adjacent to an activating group) is 1. The summed E-state index contributed by atoms with van der Waals surface area (Å²) < 4.78 is 31.5. The summed E-state index contributed by atoms with van der Waals surface area (Å²) in [6, 6.07) is 3.43. The third-order valence-electron chi connectivity index (χ3n) is 2.49. The van der Waals surface area contributed by atoms with Crippen LogP contribution in [0.3, 0.4) is 0 Å². The van der Waals surface area contributed by atoms with Gasteiger partial charge >= 0.3 is 0 Å². The maximum atomic E-state index is 12.1. The number of methoxy groups -OCH3 is 1. The Labute approximate surface area is 117 Å². The third kappa shape index (κ3) is 4.15. The zero-order valence-electron chi connectivity index (χ0n) is 11.3. The number of nitrogens with one attached hydrogen (secondary N) is 2. The Morgan fingerprint density at radius 3 is 2.60 bits per heavy atom. The van der Waals surface area contributed by atoms with Crippen LogP contribution in [0.1, 0.15) is 6.92 Å². The van der Waals surface area contributed by atoms with E-state index >= 15 is 0 Å². The van der Waals surface area contributed by atoms with Crippen molar-refractivity contribution < 1.29 is 18.1 Å². The lowest BCUT2D eigenvalue weighted by Crippen LogP contribution is -2.32. The van der Waals surface area contributed by atoms with Crippen molar-refractivity contribution in [2.24, 2.45) is 0 Å². The maximum absolute atomic E-state index is 12.1. The van der Waals surface area contributed by atoms with Crippen LogP contribution in [0.15, 0.2) is 23.1 Å². The Balaban J connectivity index is 3.02. The minimum atomic E-state index is -3.86. The smallest absolute Gasteiger partial charge is 0.271 e. The molecule has 1 rings (SSSR count). The van der Waals surface area contributed by atoms with Crippen LogP contribution in [0.4, 0.5) is 5.69 Å². The summed E-state index contributed by atoms with van der Waals surface area (Å²) in [7, 11) is -2.55. The normalized spacial score (nSPS) is 11.3. The van der Waals surface area contributed by atoms with Crippen molar-refractivity contribution in [2.75, 3.05) is 26.7 Å². The molecule has 0 bridgehead atoms. The van der Waals surface area contributed by atoms with Crippen LogP contribution in [0.5, 0.6) is 5.75 Å². The van der Waals surface area contributed by atoms with E-state index in [0.29, 0.717) is 6.54 Å². The topological polar surface area (TPSA) is 111 Å². The Morgan fingerprint density at radius 1 is 1.35 bits per heavy atom. The summed E-state index contributed by atoms with van der Waals surface area (Å²) in [6.45, 7) is 3.27. The molecule has 0 atom stereocenters. The van der Waals surface area contributed by atoms with E-state index in [4.69, 9.17) is 4.74 Å². The van der Waals surface area contributed by atoms with Gasteiger partial charge in [0.25, 0.3) is 5.69 Å². The van der Waals surface area contributed by atoms with Crippen molar-refractivity contribution in [3.8, 4) is 5.75 Å². The van der Waals surface area contributed by atoms with Crippen LogP contribution in [-0.2, 0) is 10.0 Å². The van der Waals surface area contributed by atoms with Crippen LogP contribution in [-0.4, -0.2) is 40.1 Å². The molecule has 20 heavy (non-hydrogen) atoms. The fourth-order valence-corrected chi connectivity index (χ4v) is 2.74. The lowest BCUT2D eigenvalue weighted by atomic mass is 10.3. The first-order chi connectivity index (χ1) is 9.42. The predicted molar refractivity (Wildman–Crippen MR) is 73.4 cm³/mol. The molecule has 0 heterocycles. The quantitative estimate of drug-likeness (QED) is 0.411. The Kier molecular flexibility index (Phi) is 5.86. The Bertz CT molecular complexity index is 573. The number of nitro groups is 1. The molecule has 0 aliphatic heterocycles. The number of nitrogens with zero attached hydrogens (tertiary/aromatic N) is 1. The van der Waals surface area contributed by atoms with Gasteiger partial charge in [-0.3, -0.25) is 10.1 Å². The predicted octanol–water partition coefficient (Wildman–Crippen LogP) is 0.491. The molecule has 0 aliphatic rings. The first-order valence-corrected chi connectivity index (χ1v) is 7.43. The summed E-state index contributed by atoms with van der Waals surface area (Å²) in [6.07, 6.45) is 0. The van der Waals surface area contributed by atoms with Gasteiger partial charge in [-0.1, -0.05) is 6.92 Å². The molecule has 9 heteroatoms. The summed E-state index contributed by atoms with van der Waals surface area (Å²) >= 11 is 0. The Morgan fingerprint density at radius 2 is 2.05 bits per heavy atom. The van der Waals surface area contributed by atoms with E-state index in [1.54, 1.807) is 0 Å². The molecule has 1 aromatic carbocycles. The summed E-state index contributed by atoms with van der Waals surface area (Å²) in [4.78, 5) is 9.82. The molecule has 0 saturated carbocycles. The van der Waals surface area contributed by atoms with Crippen LogP contribution in [0.25, 0.3) is 0 Å². The van der Waals surface area contributed by atoms with E-state index in [2.05, 4.69) is 10.0 Å². The molecule has 0 amide bonds. The van der Waals surface area contributed by atoms with Gasteiger partial charge < -0.3 is 10.1 Å². The van der Waals surface area contributed by atoms with Crippen molar-refractivity contribution in [1.82, 2.24) is 10.0 Å². The van der Waals surface area contributed by atoms with Crippen LogP contribution < -0.4 is 14.8 Å². The minimum Gasteiger partial charge on any atom is -0.495 e. The van der Waals surface area contributed by atoms with Gasteiger partial charge in [0, 0.05) is 25.2 Å². The summed E-state index contributed by atoms with van der Waals surface area (Å²) in [5, 5.41) is 13.7. The van der Waals surface area contributed by atoms with Crippen LogP contribution in [0.2, 0.25) is 0 Å². The zero-order chi connectivity index (χ0) is 15.2. The molecule has 112 valence electrons. The average Bonchev–Trinajstić information content (AvgIpc) is 2.42. The van der Waals surface area contributed by atoms with Gasteiger partial charge in [-0.05, 0) is 12.6 Å². The molecule has 0 unspecified atom stereocenters. The minimum absolute atomic E-state index is 0.0616. The van der Waals surface area contributed by atoms with Crippen molar-refractivity contribution in [1.29, 1.82) is 0 Å². The lowest BCUT2D eigenvalue weighted by Gasteiger charge is -2.10. The lowest BCUT2D eigenvalue weighted by molar-refractivity contribution is -0.385. The van der Waals surface area contributed by atoms with E-state index in [9.17, 15) is 18.5 Å². The number of sulfonamides is 1. The van der Waals surface area contributed by atoms with Gasteiger partial charge in [0.15, 0.2) is 0 Å². The van der Waals surface area contributed by atoms with Crippen molar-refractivity contribution in [2.45, 2.75) is 11.8 Å². The van der Waals surface area contributed by atoms with Crippen molar-refractivity contribution in [3.05, 3.63) is 28.3 Å². The number of hydrogen-bond donors (Lipinski definition) is 2. The molecule has 0 aromatic heterocycles. The molecule has 0 spiro atoms. The van der Waals surface area contributed by atoms with E-state index < -0.39 is 14.9 Å². The van der Waals surface area contributed by atoms with Crippen LogP contribution in [0, 0.1) is 10.1 Å². The summed E-state index contributed by atoms with van der Waals surface area (Å²) in [5.74, 6) is 0.0616. The number of benzene rings is 1. The third-order valence-corrected chi connectivity index (χ3v) is 3.97. The number of non-ortho nitro benzene ring substituents is 1. The van der Waals surface area contributed by atoms with E-state index in [1.807, 2.05) is 6.92 Å². The number of ether oxygens (including phenoxy) is 1. The van der Waals surface area contributed by atoms with Gasteiger partial charge in [-0.2, -0.15) is 0 Å². The standard InChI is InChI=1S/C11H17N3O5S/c1-3-12-6-7-13-20(17,18)11-8-9(14(15)16)4-5-10(11)19-2/h4-5,8,12-13H,3,6-7H2,1-2H3. The second-order valence-corrected chi connectivity index (χ2v) is 5.58. The molecular weight excluding hydrogens is 286 g/mol. The van der Waals surface area contributed by atoms with Gasteiger partial charge in [0.05, 0.1) is 12.0 Å². The van der Waals surface area contributed by atoms with E-state index in [0.717, 1.165) is 12.6 Å². The highest BCUT2D eigenvalue weighted by atomic mass is 32.2. The fraction of sp³-hybridized carbons (Fsp3) is 0.455. The first kappa shape index (κ1) is 16.3. The maximum Gasteiger partial charge on any atom is 0.271 e. The second kappa shape index (κ2) is 7.17.